The summed E-state index contributed by atoms with van der Waals surface area (Å²) in [6.45, 7) is 0. The monoisotopic (exact) mass is 402 g/mol. The van der Waals surface area contributed by atoms with Crippen molar-refractivity contribution in [2.45, 2.75) is 23.8 Å². The maximum atomic E-state index is 11.4. The van der Waals surface area contributed by atoms with E-state index >= 15 is 0 Å². The van der Waals surface area contributed by atoms with Crippen LogP contribution in [0.3, 0.4) is 0 Å². The number of nitrogens with zero attached hydrogens (tertiary/aromatic N) is 2. The quantitative estimate of drug-likeness (QED) is 0.715. The van der Waals surface area contributed by atoms with Crippen LogP contribution in [-0.4, -0.2) is 30.1 Å². The maximum Gasteiger partial charge on any atom is 0.276 e. The molecule has 8 heteroatoms. The normalized spacial score (nSPS) is 20.3. The lowest BCUT2D eigenvalue weighted by atomic mass is 10.1. The van der Waals surface area contributed by atoms with Crippen molar-refractivity contribution in [2.75, 3.05) is 11.5 Å². The number of hydrogen-bond acceptors (Lipinski definition) is 6. The van der Waals surface area contributed by atoms with Crippen LogP contribution in [0.2, 0.25) is 0 Å². The third kappa shape index (κ3) is 4.33. The van der Waals surface area contributed by atoms with Gasteiger partial charge in [-0.05, 0) is 30.0 Å². The van der Waals surface area contributed by atoms with E-state index in [-0.39, 0.29) is 17.4 Å². The lowest BCUT2D eigenvalue weighted by molar-refractivity contribution is 0.389. The molecule has 118 valence electrons. The molecule has 0 aliphatic carbocycles. The predicted molar refractivity (Wildman–Crippen MR) is 88.5 cm³/mol. The number of aromatic nitrogens is 2. The van der Waals surface area contributed by atoms with Crippen LogP contribution in [0.25, 0.3) is 0 Å². The molecule has 2 aromatic rings. The van der Waals surface area contributed by atoms with Crippen molar-refractivity contribution in [1.29, 1.82) is 0 Å². The number of hydrogen-bond donors (Lipinski definition) is 0. The first kappa shape index (κ1) is 16.0. The molecule has 1 aliphatic heterocycles. The van der Waals surface area contributed by atoms with E-state index in [9.17, 15) is 8.42 Å². The molecule has 0 N–H and O–H groups in total. The van der Waals surface area contributed by atoms with Gasteiger partial charge in [-0.25, -0.2) is 8.42 Å². The Morgan fingerprint density at radius 2 is 2.05 bits per heavy atom. The highest BCUT2D eigenvalue weighted by atomic mass is 79.9. The van der Waals surface area contributed by atoms with Crippen molar-refractivity contribution in [3.8, 4) is 0 Å². The van der Waals surface area contributed by atoms with Gasteiger partial charge in [0.25, 0.3) is 5.22 Å². The number of thioether (sulfide) groups is 1. The fourth-order valence-electron chi connectivity index (χ4n) is 2.38. The largest absolute Gasteiger partial charge is 0.416 e. The molecular formula is C14H15BrN2O3S2. The van der Waals surface area contributed by atoms with E-state index in [2.05, 4.69) is 26.1 Å². The molecule has 0 amide bonds. The Hall–Kier alpha value is -0.860. The summed E-state index contributed by atoms with van der Waals surface area (Å²) in [5.41, 5.74) is 1.18. The van der Waals surface area contributed by atoms with Gasteiger partial charge in [-0.2, -0.15) is 0 Å². The summed E-state index contributed by atoms with van der Waals surface area (Å²) >= 11 is 4.89. The highest BCUT2D eigenvalue weighted by Crippen LogP contribution is 2.25. The van der Waals surface area contributed by atoms with Crippen molar-refractivity contribution >= 4 is 37.5 Å². The van der Waals surface area contributed by atoms with Crippen LogP contribution in [0.5, 0.6) is 0 Å². The Bertz CT molecular complexity index is 744. The number of halogens is 1. The second-order valence-electron chi connectivity index (χ2n) is 5.35. The Labute approximate surface area is 141 Å². The fourth-order valence-corrected chi connectivity index (χ4v) is 5.25. The van der Waals surface area contributed by atoms with Gasteiger partial charge in [0, 0.05) is 16.6 Å². The average molecular weight is 403 g/mol. The highest BCUT2D eigenvalue weighted by molar-refractivity contribution is 9.10. The van der Waals surface area contributed by atoms with Gasteiger partial charge in [0.15, 0.2) is 9.84 Å². The van der Waals surface area contributed by atoms with E-state index < -0.39 is 9.84 Å². The summed E-state index contributed by atoms with van der Waals surface area (Å²) in [7, 11) is -2.86. The number of benzene rings is 1. The van der Waals surface area contributed by atoms with E-state index in [0.29, 0.717) is 24.0 Å². The molecule has 5 nitrogen and oxygen atoms in total. The van der Waals surface area contributed by atoms with Crippen LogP contribution < -0.4 is 0 Å². The van der Waals surface area contributed by atoms with E-state index in [4.69, 9.17) is 4.42 Å². The van der Waals surface area contributed by atoms with E-state index in [0.717, 1.165) is 10.2 Å². The third-order valence-corrected chi connectivity index (χ3v) is 6.77. The molecule has 1 fully saturated rings. The Morgan fingerprint density at radius 3 is 2.73 bits per heavy atom. The summed E-state index contributed by atoms with van der Waals surface area (Å²) in [4.78, 5) is 0. The molecule has 1 atom stereocenters. The molecule has 0 spiro atoms. The van der Waals surface area contributed by atoms with Crippen LogP contribution in [-0.2, 0) is 22.0 Å². The topological polar surface area (TPSA) is 73.1 Å². The molecule has 0 radical (unpaired) electrons. The fraction of sp³-hybridized carbons (Fsp3) is 0.429. The zero-order chi connectivity index (χ0) is 15.6. The molecule has 1 saturated heterocycles. The lowest BCUT2D eigenvalue weighted by Crippen LogP contribution is -2.07. The minimum atomic E-state index is -2.86. The van der Waals surface area contributed by atoms with Crippen molar-refractivity contribution in [3.05, 3.63) is 40.2 Å². The van der Waals surface area contributed by atoms with Gasteiger partial charge >= 0.3 is 0 Å². The standard InChI is InChI=1S/C14H15BrN2O3S2/c15-12-3-1-10(2-4-12)8-21-14-17-16-13(20-14)7-11-5-6-22(18,19)9-11/h1-4,11H,5-9H2. The van der Waals surface area contributed by atoms with Crippen LogP contribution in [0, 0.1) is 5.92 Å². The van der Waals surface area contributed by atoms with E-state index in [1.54, 1.807) is 0 Å². The Balaban J connectivity index is 1.54. The van der Waals surface area contributed by atoms with Crippen LogP contribution in [0.15, 0.2) is 38.4 Å². The molecular weight excluding hydrogens is 388 g/mol. The molecule has 1 aliphatic rings. The maximum absolute atomic E-state index is 11.4. The van der Waals surface area contributed by atoms with Gasteiger partial charge < -0.3 is 4.42 Å². The molecule has 1 aromatic heterocycles. The smallest absolute Gasteiger partial charge is 0.276 e. The first-order valence-corrected chi connectivity index (χ1v) is 10.5. The number of rotatable bonds is 5. The lowest BCUT2D eigenvalue weighted by Gasteiger charge is -2.02. The number of sulfone groups is 1. The molecule has 22 heavy (non-hydrogen) atoms. The molecule has 1 unspecified atom stereocenters. The van der Waals surface area contributed by atoms with Crippen LogP contribution in [0.4, 0.5) is 0 Å². The zero-order valence-electron chi connectivity index (χ0n) is 11.7. The van der Waals surface area contributed by atoms with Crippen molar-refractivity contribution in [1.82, 2.24) is 10.2 Å². The third-order valence-electron chi connectivity index (χ3n) is 3.51. The van der Waals surface area contributed by atoms with Gasteiger partial charge in [0.1, 0.15) is 0 Å². The summed E-state index contributed by atoms with van der Waals surface area (Å²) in [6, 6.07) is 8.07. The first-order valence-electron chi connectivity index (χ1n) is 6.90. The van der Waals surface area contributed by atoms with Gasteiger partial charge in [-0.15, -0.1) is 10.2 Å². The highest BCUT2D eigenvalue weighted by Gasteiger charge is 2.29. The minimum Gasteiger partial charge on any atom is -0.416 e. The van der Waals surface area contributed by atoms with Crippen molar-refractivity contribution in [3.63, 3.8) is 0 Å². The summed E-state index contributed by atoms with van der Waals surface area (Å²) < 4.78 is 29.5. The zero-order valence-corrected chi connectivity index (χ0v) is 15.0. The minimum absolute atomic E-state index is 0.106. The van der Waals surface area contributed by atoms with Gasteiger partial charge in [-0.3, -0.25) is 0 Å². The summed E-state index contributed by atoms with van der Waals surface area (Å²) in [5.74, 6) is 1.90. The van der Waals surface area contributed by atoms with E-state index in [1.807, 2.05) is 24.3 Å². The van der Waals surface area contributed by atoms with Crippen LogP contribution in [0.1, 0.15) is 17.9 Å². The van der Waals surface area contributed by atoms with Crippen molar-refractivity contribution < 1.29 is 12.8 Å². The Morgan fingerprint density at radius 1 is 1.27 bits per heavy atom. The molecule has 3 rings (SSSR count). The van der Waals surface area contributed by atoms with Gasteiger partial charge in [0.05, 0.1) is 11.5 Å². The molecule has 1 aromatic carbocycles. The summed E-state index contributed by atoms with van der Waals surface area (Å²) in [5, 5.41) is 8.56. The molecule has 0 saturated carbocycles. The van der Waals surface area contributed by atoms with E-state index in [1.165, 1.54) is 17.3 Å². The van der Waals surface area contributed by atoms with Gasteiger partial charge in [-0.1, -0.05) is 39.8 Å². The first-order chi connectivity index (χ1) is 10.5. The SMILES string of the molecule is O=S1(=O)CCC(Cc2nnc(SCc3ccc(Br)cc3)o2)C1. The summed E-state index contributed by atoms with van der Waals surface area (Å²) in [6.07, 6.45) is 1.23. The molecule has 2 heterocycles. The second kappa shape index (κ2) is 6.72. The van der Waals surface area contributed by atoms with Crippen LogP contribution >= 0.6 is 27.7 Å². The van der Waals surface area contributed by atoms with Crippen molar-refractivity contribution in [2.24, 2.45) is 5.92 Å². The Kier molecular flexibility index (Phi) is 4.89. The second-order valence-corrected chi connectivity index (χ2v) is 9.42. The predicted octanol–water partition coefficient (Wildman–Crippen LogP) is 3.10. The molecule has 0 bridgehead atoms. The average Bonchev–Trinajstić information content (AvgIpc) is 3.05. The van der Waals surface area contributed by atoms with Gasteiger partial charge in [0.2, 0.25) is 5.89 Å².